The van der Waals surface area contributed by atoms with Gasteiger partial charge in [0, 0.05) is 13.6 Å². The normalized spacial score (nSPS) is 20.7. The maximum absolute atomic E-state index is 11.3. The van der Waals surface area contributed by atoms with Crippen LogP contribution < -0.4 is 5.32 Å². The van der Waals surface area contributed by atoms with Gasteiger partial charge in [0.05, 0.1) is 25.5 Å². The van der Waals surface area contributed by atoms with Crippen molar-refractivity contribution in [3.8, 4) is 0 Å². The summed E-state index contributed by atoms with van der Waals surface area (Å²) in [4.78, 5) is 28.5. The van der Waals surface area contributed by atoms with Crippen molar-refractivity contribution in [2.24, 2.45) is 4.99 Å². The summed E-state index contributed by atoms with van der Waals surface area (Å²) in [6.07, 6.45) is 1.65. The lowest BCUT2D eigenvalue weighted by Crippen LogP contribution is -2.42. The molecule has 16 heavy (non-hydrogen) atoms. The molecule has 0 spiro atoms. The number of ether oxygens (including phenoxy) is 1. The van der Waals surface area contributed by atoms with E-state index in [9.17, 15) is 9.59 Å². The lowest BCUT2D eigenvalue weighted by Gasteiger charge is -2.18. The van der Waals surface area contributed by atoms with Gasteiger partial charge in [-0.3, -0.25) is 9.79 Å². The number of likely N-dealkylation sites (N-methyl/N-ethyl adjacent to an activating group) is 1. The fourth-order valence-corrected chi connectivity index (χ4v) is 1.57. The van der Waals surface area contributed by atoms with Gasteiger partial charge in [0.25, 0.3) is 0 Å². The molecule has 1 amide bonds. The van der Waals surface area contributed by atoms with Crippen LogP contribution in [0.25, 0.3) is 0 Å². The second-order valence-corrected chi connectivity index (χ2v) is 3.89. The van der Waals surface area contributed by atoms with E-state index >= 15 is 0 Å². The predicted molar refractivity (Wildman–Crippen MR) is 59.5 cm³/mol. The first-order valence-corrected chi connectivity index (χ1v) is 5.11. The number of nitrogens with one attached hydrogen (secondary N) is 1. The number of alkyl carbamates (subject to hydrolysis) is 1. The van der Waals surface area contributed by atoms with Crippen molar-refractivity contribution >= 4 is 18.2 Å². The molecule has 0 radical (unpaired) electrons. The molecular weight excluding hydrogens is 210 g/mol. The Morgan fingerprint density at radius 3 is 2.81 bits per heavy atom. The van der Waals surface area contributed by atoms with E-state index in [0.29, 0.717) is 6.42 Å². The number of carbonyl (C=O) groups is 2. The van der Waals surface area contributed by atoms with Gasteiger partial charge in [0.2, 0.25) is 0 Å². The molecule has 0 bridgehead atoms. The number of amides is 1. The molecule has 0 saturated heterocycles. The fourth-order valence-electron chi connectivity index (χ4n) is 1.57. The molecule has 0 fully saturated rings. The number of aliphatic imine (C=N–C) groups is 1. The molecule has 1 N–H and O–H groups in total. The van der Waals surface area contributed by atoms with Crippen LogP contribution in [0.3, 0.4) is 0 Å². The maximum Gasteiger partial charge on any atom is 0.407 e. The molecular formula is C10H17N3O3. The largest absolute Gasteiger partial charge is 0.453 e. The summed E-state index contributed by atoms with van der Waals surface area (Å²) in [5.74, 6) is -0.0878. The third kappa shape index (κ3) is 3.52. The van der Waals surface area contributed by atoms with Gasteiger partial charge < -0.3 is 15.0 Å². The zero-order chi connectivity index (χ0) is 12.1. The summed E-state index contributed by atoms with van der Waals surface area (Å²) in [6, 6.07) is -0.475. The van der Waals surface area contributed by atoms with Gasteiger partial charge in [-0.25, -0.2) is 4.79 Å². The summed E-state index contributed by atoms with van der Waals surface area (Å²) in [7, 11) is 3.19. The van der Waals surface area contributed by atoms with Crippen LogP contribution in [0.4, 0.5) is 4.79 Å². The monoisotopic (exact) mass is 227 g/mol. The molecule has 1 heterocycles. The average molecular weight is 227 g/mol. The van der Waals surface area contributed by atoms with E-state index in [2.05, 4.69) is 15.0 Å². The van der Waals surface area contributed by atoms with Crippen LogP contribution in [0.2, 0.25) is 0 Å². The molecule has 6 nitrogen and oxygen atoms in total. The summed E-state index contributed by atoms with van der Waals surface area (Å²) < 4.78 is 4.47. The zero-order valence-corrected chi connectivity index (χ0v) is 9.77. The van der Waals surface area contributed by atoms with E-state index in [0.717, 1.165) is 6.54 Å². The highest BCUT2D eigenvalue weighted by molar-refractivity contribution is 5.85. The first-order chi connectivity index (χ1) is 7.52. The van der Waals surface area contributed by atoms with Crippen LogP contribution in [0, 0.1) is 0 Å². The van der Waals surface area contributed by atoms with E-state index in [-0.39, 0.29) is 11.8 Å². The van der Waals surface area contributed by atoms with Crippen LogP contribution in [0.1, 0.15) is 13.3 Å². The minimum Gasteiger partial charge on any atom is -0.453 e. The second-order valence-electron chi connectivity index (χ2n) is 3.89. The Labute approximate surface area is 94.7 Å². The van der Waals surface area contributed by atoms with Crippen LogP contribution in [-0.2, 0) is 9.53 Å². The Balaban J connectivity index is 2.48. The molecule has 0 aromatic heterocycles. The summed E-state index contributed by atoms with van der Waals surface area (Å²) in [5, 5.41) is 2.50. The quantitative estimate of drug-likeness (QED) is 0.735. The van der Waals surface area contributed by atoms with Crippen molar-refractivity contribution in [3.63, 3.8) is 0 Å². The molecule has 0 aromatic carbocycles. The van der Waals surface area contributed by atoms with Gasteiger partial charge in [0.1, 0.15) is 0 Å². The average Bonchev–Trinajstić information content (AvgIpc) is 2.62. The van der Waals surface area contributed by atoms with Gasteiger partial charge in [-0.2, -0.15) is 0 Å². The molecule has 0 aliphatic carbocycles. The number of rotatable bonds is 4. The standard InChI is InChI=1S/C10H17N3O3/c1-7(14)9(12-10(15)16-3)4-8-5-13(2)6-11-8/h6,8-9H,4-5H2,1-3H3,(H,12,15)/t8?,9-/m0/s1. The van der Waals surface area contributed by atoms with Gasteiger partial charge in [0.15, 0.2) is 5.78 Å². The second kappa shape index (κ2) is 5.48. The van der Waals surface area contributed by atoms with Crippen molar-refractivity contribution in [1.29, 1.82) is 0 Å². The van der Waals surface area contributed by atoms with Crippen LogP contribution in [-0.4, -0.2) is 55.9 Å². The molecule has 1 unspecified atom stereocenters. The van der Waals surface area contributed by atoms with Crippen molar-refractivity contribution in [3.05, 3.63) is 0 Å². The smallest absolute Gasteiger partial charge is 0.407 e. The van der Waals surface area contributed by atoms with Crippen LogP contribution in [0.15, 0.2) is 4.99 Å². The number of nitrogens with zero attached hydrogens (tertiary/aromatic N) is 2. The molecule has 6 heteroatoms. The first-order valence-electron chi connectivity index (χ1n) is 5.11. The SMILES string of the molecule is COC(=O)N[C@@H](CC1CN(C)C=N1)C(C)=O. The third-order valence-corrected chi connectivity index (χ3v) is 2.45. The third-order valence-electron chi connectivity index (χ3n) is 2.45. The van der Waals surface area contributed by atoms with Crippen molar-refractivity contribution in [1.82, 2.24) is 10.2 Å². The van der Waals surface area contributed by atoms with E-state index in [1.807, 2.05) is 11.9 Å². The fraction of sp³-hybridized carbons (Fsp3) is 0.700. The van der Waals surface area contributed by atoms with Crippen LogP contribution >= 0.6 is 0 Å². The highest BCUT2D eigenvalue weighted by atomic mass is 16.5. The predicted octanol–water partition coefficient (Wildman–Crippen LogP) is 0.0324. The van der Waals surface area contributed by atoms with Crippen LogP contribution in [0.5, 0.6) is 0 Å². The topological polar surface area (TPSA) is 71.0 Å². The number of methoxy groups -OCH3 is 1. The van der Waals surface area contributed by atoms with Gasteiger partial charge in [-0.1, -0.05) is 0 Å². The Morgan fingerprint density at radius 1 is 1.69 bits per heavy atom. The number of ketones is 1. The summed E-state index contributed by atoms with van der Waals surface area (Å²) >= 11 is 0. The van der Waals surface area contributed by atoms with E-state index < -0.39 is 12.1 Å². The van der Waals surface area contributed by atoms with E-state index in [1.165, 1.54) is 14.0 Å². The van der Waals surface area contributed by atoms with E-state index in [1.54, 1.807) is 6.34 Å². The molecule has 0 aromatic rings. The molecule has 1 aliphatic rings. The summed E-state index contributed by atoms with van der Waals surface area (Å²) in [6.45, 7) is 2.22. The molecule has 0 saturated carbocycles. The van der Waals surface area contributed by atoms with Gasteiger partial charge >= 0.3 is 6.09 Å². The van der Waals surface area contributed by atoms with Gasteiger partial charge in [-0.05, 0) is 13.3 Å². The Bertz CT molecular complexity index is 304. The molecule has 1 aliphatic heterocycles. The Hall–Kier alpha value is -1.59. The first kappa shape index (κ1) is 12.5. The minimum absolute atomic E-state index is 0.0519. The highest BCUT2D eigenvalue weighted by Gasteiger charge is 2.24. The Kier molecular flexibility index (Phi) is 4.28. The maximum atomic E-state index is 11.3. The number of Topliss-reactive ketones (excluding diaryl/α,β-unsaturated/α-hetero) is 1. The van der Waals surface area contributed by atoms with Crippen molar-refractivity contribution in [2.75, 3.05) is 20.7 Å². The van der Waals surface area contributed by atoms with Crippen molar-refractivity contribution in [2.45, 2.75) is 25.4 Å². The number of hydrogen-bond acceptors (Lipinski definition) is 5. The lowest BCUT2D eigenvalue weighted by molar-refractivity contribution is -0.119. The highest BCUT2D eigenvalue weighted by Crippen LogP contribution is 2.09. The molecule has 2 atom stereocenters. The zero-order valence-electron chi connectivity index (χ0n) is 9.77. The lowest BCUT2D eigenvalue weighted by atomic mass is 10.0. The minimum atomic E-state index is -0.587. The molecule has 1 rings (SSSR count). The van der Waals surface area contributed by atoms with E-state index in [4.69, 9.17) is 0 Å². The van der Waals surface area contributed by atoms with Crippen molar-refractivity contribution < 1.29 is 14.3 Å². The molecule has 90 valence electrons. The Morgan fingerprint density at radius 2 is 2.38 bits per heavy atom. The number of hydrogen-bond donors (Lipinski definition) is 1. The number of carbonyl (C=O) groups excluding carboxylic acids is 2. The summed E-state index contributed by atoms with van der Waals surface area (Å²) in [5.41, 5.74) is 0. The van der Waals surface area contributed by atoms with Gasteiger partial charge in [-0.15, -0.1) is 0 Å².